The summed E-state index contributed by atoms with van der Waals surface area (Å²) in [5.74, 6) is 1.43. The van der Waals surface area contributed by atoms with Gasteiger partial charge in [0, 0.05) is 4.47 Å². The smallest absolute Gasteiger partial charge is 0.134 e. The normalized spacial score (nSPS) is 12.1. The van der Waals surface area contributed by atoms with E-state index in [0.29, 0.717) is 5.75 Å². The Morgan fingerprint density at radius 3 is 2.42 bits per heavy atom. The van der Waals surface area contributed by atoms with Gasteiger partial charge in [-0.1, -0.05) is 46.3 Å². The maximum atomic E-state index is 10.0. The van der Waals surface area contributed by atoms with E-state index < -0.39 is 6.10 Å². The SMILES string of the molecule is OC(COc1ccccc1)COc1ccc2cc(Br)ccc2c1Br. The van der Waals surface area contributed by atoms with Crippen LogP contribution in [0.1, 0.15) is 0 Å². The Kier molecular flexibility index (Phi) is 5.76. The predicted octanol–water partition coefficient (Wildman–Crippen LogP) is 5.18. The van der Waals surface area contributed by atoms with E-state index in [0.717, 1.165) is 25.5 Å². The van der Waals surface area contributed by atoms with Crippen LogP contribution in [0.2, 0.25) is 0 Å². The van der Waals surface area contributed by atoms with Crippen LogP contribution in [0, 0.1) is 0 Å². The third-order valence-electron chi connectivity index (χ3n) is 3.50. The van der Waals surface area contributed by atoms with Crippen molar-refractivity contribution < 1.29 is 14.6 Å². The van der Waals surface area contributed by atoms with Crippen molar-refractivity contribution in [2.24, 2.45) is 0 Å². The second-order valence-corrected chi connectivity index (χ2v) is 7.04. The standard InChI is InChI=1S/C19H16Br2O3/c20-14-7-8-17-13(10-14)6-9-18(19(17)21)24-12-15(22)11-23-16-4-2-1-3-5-16/h1-10,15,22H,11-12H2. The van der Waals surface area contributed by atoms with Crippen LogP contribution in [0.5, 0.6) is 11.5 Å². The summed E-state index contributed by atoms with van der Waals surface area (Å²) in [7, 11) is 0. The van der Waals surface area contributed by atoms with E-state index in [1.165, 1.54) is 0 Å². The van der Waals surface area contributed by atoms with E-state index in [-0.39, 0.29) is 13.2 Å². The molecule has 0 aliphatic rings. The first-order chi connectivity index (χ1) is 11.6. The third kappa shape index (κ3) is 4.29. The Morgan fingerprint density at radius 2 is 1.62 bits per heavy atom. The highest BCUT2D eigenvalue weighted by Gasteiger charge is 2.10. The first kappa shape index (κ1) is 17.3. The molecule has 5 heteroatoms. The van der Waals surface area contributed by atoms with Crippen molar-refractivity contribution in [2.45, 2.75) is 6.10 Å². The average molecular weight is 452 g/mol. The summed E-state index contributed by atoms with van der Waals surface area (Å²) in [4.78, 5) is 0. The molecule has 3 aromatic carbocycles. The molecule has 3 rings (SSSR count). The lowest BCUT2D eigenvalue weighted by atomic mass is 10.1. The van der Waals surface area contributed by atoms with Crippen LogP contribution in [-0.2, 0) is 0 Å². The van der Waals surface area contributed by atoms with Gasteiger partial charge in [-0.15, -0.1) is 0 Å². The Bertz CT molecular complexity index is 821. The van der Waals surface area contributed by atoms with Crippen LogP contribution in [0.4, 0.5) is 0 Å². The van der Waals surface area contributed by atoms with Crippen molar-refractivity contribution in [2.75, 3.05) is 13.2 Å². The third-order valence-corrected chi connectivity index (χ3v) is 4.81. The number of benzene rings is 3. The number of aliphatic hydroxyl groups is 1. The van der Waals surface area contributed by atoms with Crippen molar-refractivity contribution >= 4 is 42.6 Å². The van der Waals surface area contributed by atoms with Gasteiger partial charge in [-0.2, -0.15) is 0 Å². The van der Waals surface area contributed by atoms with Crippen molar-refractivity contribution in [3.05, 3.63) is 69.6 Å². The summed E-state index contributed by atoms with van der Waals surface area (Å²) in [6, 6.07) is 19.3. The maximum absolute atomic E-state index is 10.0. The molecule has 0 aliphatic carbocycles. The summed E-state index contributed by atoms with van der Waals surface area (Å²) < 4.78 is 13.2. The molecule has 0 fully saturated rings. The number of ether oxygens (including phenoxy) is 2. The number of fused-ring (bicyclic) bond motifs is 1. The molecule has 0 saturated carbocycles. The molecule has 1 N–H and O–H groups in total. The minimum absolute atomic E-state index is 0.160. The lowest BCUT2D eigenvalue weighted by Gasteiger charge is -2.15. The lowest BCUT2D eigenvalue weighted by molar-refractivity contribution is 0.0624. The fraction of sp³-hybridized carbons (Fsp3) is 0.158. The van der Waals surface area contributed by atoms with Gasteiger partial charge in [-0.05, 0) is 57.0 Å². The fourth-order valence-electron chi connectivity index (χ4n) is 2.30. The van der Waals surface area contributed by atoms with Crippen molar-refractivity contribution in [3.63, 3.8) is 0 Å². The minimum Gasteiger partial charge on any atom is -0.491 e. The van der Waals surface area contributed by atoms with Crippen LogP contribution in [-0.4, -0.2) is 24.4 Å². The Morgan fingerprint density at radius 1 is 0.875 bits per heavy atom. The van der Waals surface area contributed by atoms with Crippen LogP contribution >= 0.6 is 31.9 Å². The molecule has 0 aliphatic heterocycles. The van der Waals surface area contributed by atoms with Crippen LogP contribution < -0.4 is 9.47 Å². The highest BCUT2D eigenvalue weighted by atomic mass is 79.9. The lowest BCUT2D eigenvalue weighted by Crippen LogP contribution is -2.25. The number of halogens is 2. The summed E-state index contributed by atoms with van der Waals surface area (Å²) >= 11 is 7.05. The zero-order chi connectivity index (χ0) is 16.9. The van der Waals surface area contributed by atoms with Gasteiger partial charge in [-0.25, -0.2) is 0 Å². The molecule has 1 unspecified atom stereocenters. The molecule has 24 heavy (non-hydrogen) atoms. The molecule has 0 aromatic heterocycles. The van der Waals surface area contributed by atoms with E-state index in [1.54, 1.807) is 0 Å². The minimum atomic E-state index is -0.710. The molecule has 0 spiro atoms. The van der Waals surface area contributed by atoms with Crippen molar-refractivity contribution in [1.82, 2.24) is 0 Å². The average Bonchev–Trinajstić information content (AvgIpc) is 2.60. The van der Waals surface area contributed by atoms with Gasteiger partial charge in [0.2, 0.25) is 0 Å². The van der Waals surface area contributed by atoms with E-state index in [1.807, 2.05) is 60.7 Å². The van der Waals surface area contributed by atoms with Gasteiger partial charge in [0.1, 0.15) is 30.8 Å². The van der Waals surface area contributed by atoms with Crippen molar-refractivity contribution in [1.29, 1.82) is 0 Å². The Balaban J connectivity index is 1.61. The summed E-state index contributed by atoms with van der Waals surface area (Å²) in [6.07, 6.45) is -0.710. The topological polar surface area (TPSA) is 38.7 Å². The highest BCUT2D eigenvalue weighted by Crippen LogP contribution is 2.34. The van der Waals surface area contributed by atoms with E-state index in [9.17, 15) is 5.11 Å². The van der Waals surface area contributed by atoms with Gasteiger partial charge in [-0.3, -0.25) is 0 Å². The number of hydrogen-bond donors (Lipinski definition) is 1. The molecular weight excluding hydrogens is 436 g/mol. The van der Waals surface area contributed by atoms with Gasteiger partial charge < -0.3 is 14.6 Å². The van der Waals surface area contributed by atoms with E-state index in [4.69, 9.17) is 9.47 Å². The van der Waals surface area contributed by atoms with E-state index in [2.05, 4.69) is 31.9 Å². The monoisotopic (exact) mass is 450 g/mol. The number of para-hydroxylation sites is 1. The van der Waals surface area contributed by atoms with Crippen LogP contribution in [0.15, 0.2) is 69.6 Å². The molecule has 1 atom stereocenters. The molecule has 0 heterocycles. The van der Waals surface area contributed by atoms with Crippen LogP contribution in [0.25, 0.3) is 10.8 Å². The number of aliphatic hydroxyl groups excluding tert-OH is 1. The van der Waals surface area contributed by atoms with Gasteiger partial charge in [0.05, 0.1) is 4.47 Å². The largest absolute Gasteiger partial charge is 0.491 e. The summed E-state index contributed by atoms with van der Waals surface area (Å²) in [6.45, 7) is 0.343. The molecule has 0 bridgehead atoms. The molecule has 0 saturated heterocycles. The predicted molar refractivity (Wildman–Crippen MR) is 103 cm³/mol. The molecule has 0 radical (unpaired) electrons. The zero-order valence-corrected chi connectivity index (χ0v) is 16.0. The number of rotatable bonds is 6. The Hall–Kier alpha value is -1.56. The van der Waals surface area contributed by atoms with Crippen LogP contribution in [0.3, 0.4) is 0 Å². The maximum Gasteiger partial charge on any atom is 0.134 e. The first-order valence-electron chi connectivity index (χ1n) is 7.50. The molecular formula is C19H16Br2O3. The summed E-state index contributed by atoms with van der Waals surface area (Å²) in [5.41, 5.74) is 0. The molecule has 124 valence electrons. The molecule has 3 nitrogen and oxygen atoms in total. The summed E-state index contributed by atoms with van der Waals surface area (Å²) in [5, 5.41) is 12.2. The van der Waals surface area contributed by atoms with Gasteiger partial charge >= 0.3 is 0 Å². The number of hydrogen-bond acceptors (Lipinski definition) is 3. The van der Waals surface area contributed by atoms with E-state index >= 15 is 0 Å². The molecule has 3 aromatic rings. The van der Waals surface area contributed by atoms with Gasteiger partial charge in [0.25, 0.3) is 0 Å². The highest BCUT2D eigenvalue weighted by molar-refractivity contribution is 9.11. The van der Waals surface area contributed by atoms with Gasteiger partial charge in [0.15, 0.2) is 0 Å². The second-order valence-electron chi connectivity index (χ2n) is 5.33. The quantitative estimate of drug-likeness (QED) is 0.560. The first-order valence-corrected chi connectivity index (χ1v) is 9.08. The molecule has 0 amide bonds. The zero-order valence-electron chi connectivity index (χ0n) is 12.8. The van der Waals surface area contributed by atoms with Crippen molar-refractivity contribution in [3.8, 4) is 11.5 Å². The second kappa shape index (κ2) is 8.01. The fourth-order valence-corrected chi connectivity index (χ4v) is 3.28. The Labute approximate surface area is 157 Å².